The van der Waals surface area contributed by atoms with E-state index in [0.29, 0.717) is 32.1 Å². The summed E-state index contributed by atoms with van der Waals surface area (Å²) >= 11 is 0. The van der Waals surface area contributed by atoms with Crippen LogP contribution in [-0.2, 0) is 24.0 Å². The van der Waals surface area contributed by atoms with Crippen molar-refractivity contribution in [2.24, 2.45) is 11.3 Å². The van der Waals surface area contributed by atoms with Crippen molar-refractivity contribution in [2.45, 2.75) is 78.3 Å². The molecule has 0 bridgehead atoms. The fraction of sp³-hybridized carbons (Fsp3) is 0.762. The van der Waals surface area contributed by atoms with Gasteiger partial charge in [-0.3, -0.25) is 19.2 Å². The summed E-state index contributed by atoms with van der Waals surface area (Å²) in [5, 5.41) is 10.7. The highest BCUT2D eigenvalue weighted by Crippen LogP contribution is 2.18. The maximum absolute atomic E-state index is 12.9. The first kappa shape index (κ1) is 25.6. The Morgan fingerprint density at radius 3 is 2.40 bits per heavy atom. The highest BCUT2D eigenvalue weighted by molar-refractivity contribution is 5.94. The average molecular weight is 425 g/mol. The van der Waals surface area contributed by atoms with Gasteiger partial charge in [-0.25, -0.2) is 0 Å². The summed E-state index contributed by atoms with van der Waals surface area (Å²) in [6, 6.07) is -0.819. The summed E-state index contributed by atoms with van der Waals surface area (Å²) in [4.78, 5) is 60.7. The lowest BCUT2D eigenvalue weighted by Gasteiger charge is -2.32. The van der Waals surface area contributed by atoms with E-state index in [0.717, 1.165) is 6.42 Å². The zero-order valence-corrected chi connectivity index (χ0v) is 18.7. The van der Waals surface area contributed by atoms with Gasteiger partial charge in [0.25, 0.3) is 0 Å². The maximum atomic E-state index is 12.9. The van der Waals surface area contributed by atoms with Crippen LogP contribution in [0.1, 0.15) is 66.7 Å². The van der Waals surface area contributed by atoms with Gasteiger partial charge in [-0.05, 0) is 32.6 Å². The van der Waals surface area contributed by atoms with E-state index >= 15 is 0 Å². The van der Waals surface area contributed by atoms with E-state index in [9.17, 15) is 24.0 Å². The Labute approximate surface area is 178 Å². The first-order valence-corrected chi connectivity index (χ1v) is 10.6. The Morgan fingerprint density at radius 2 is 1.87 bits per heavy atom. The fourth-order valence-corrected chi connectivity index (χ4v) is 3.35. The molecule has 1 fully saturated rings. The molecule has 9 heteroatoms. The summed E-state index contributed by atoms with van der Waals surface area (Å²) < 4.78 is 0. The van der Waals surface area contributed by atoms with Crippen LogP contribution in [0.2, 0.25) is 0 Å². The molecule has 0 aliphatic carbocycles. The molecule has 1 aliphatic rings. The molecule has 170 valence electrons. The van der Waals surface area contributed by atoms with Crippen molar-refractivity contribution in [1.82, 2.24) is 21.3 Å². The van der Waals surface area contributed by atoms with E-state index in [4.69, 9.17) is 0 Å². The lowest BCUT2D eigenvalue weighted by molar-refractivity contribution is -0.136. The largest absolute Gasteiger partial charge is 0.356 e. The van der Waals surface area contributed by atoms with Crippen molar-refractivity contribution >= 4 is 29.9 Å². The van der Waals surface area contributed by atoms with Gasteiger partial charge in [0.2, 0.25) is 23.6 Å². The van der Waals surface area contributed by atoms with Crippen molar-refractivity contribution in [3.63, 3.8) is 0 Å². The third-order valence-corrected chi connectivity index (χ3v) is 5.18. The van der Waals surface area contributed by atoms with Crippen molar-refractivity contribution < 1.29 is 24.0 Å². The Morgan fingerprint density at radius 1 is 1.20 bits per heavy atom. The third-order valence-electron chi connectivity index (χ3n) is 5.18. The Bertz CT molecular complexity index is 658. The Balaban J connectivity index is 2.73. The lowest BCUT2D eigenvalue weighted by Crippen LogP contribution is -2.60. The first-order valence-electron chi connectivity index (χ1n) is 10.6. The molecule has 0 aromatic heterocycles. The third kappa shape index (κ3) is 7.76. The molecule has 0 spiro atoms. The van der Waals surface area contributed by atoms with Crippen LogP contribution in [0.15, 0.2) is 0 Å². The van der Waals surface area contributed by atoms with E-state index < -0.39 is 28.8 Å². The highest BCUT2D eigenvalue weighted by atomic mass is 16.2. The van der Waals surface area contributed by atoms with Gasteiger partial charge in [-0.15, -0.1) is 0 Å². The van der Waals surface area contributed by atoms with Crippen LogP contribution < -0.4 is 21.3 Å². The number of rotatable bonds is 10. The van der Waals surface area contributed by atoms with Crippen LogP contribution in [0.4, 0.5) is 0 Å². The Hall–Kier alpha value is -2.45. The monoisotopic (exact) mass is 424 g/mol. The van der Waals surface area contributed by atoms with Crippen LogP contribution in [0.5, 0.6) is 0 Å². The van der Waals surface area contributed by atoms with E-state index in [1.807, 2.05) is 6.92 Å². The minimum absolute atomic E-state index is 0.110. The second kappa shape index (κ2) is 11.1. The summed E-state index contributed by atoms with van der Waals surface area (Å²) in [6.45, 7) is 9.05. The van der Waals surface area contributed by atoms with E-state index in [1.165, 1.54) is 0 Å². The average Bonchev–Trinajstić information content (AvgIpc) is 2.66. The van der Waals surface area contributed by atoms with Gasteiger partial charge in [0.1, 0.15) is 11.8 Å². The van der Waals surface area contributed by atoms with Gasteiger partial charge in [-0.1, -0.05) is 34.1 Å². The van der Waals surface area contributed by atoms with Crippen LogP contribution in [0.25, 0.3) is 0 Å². The van der Waals surface area contributed by atoms with Crippen LogP contribution in [0, 0.1) is 11.3 Å². The zero-order chi connectivity index (χ0) is 22.9. The van der Waals surface area contributed by atoms with Crippen molar-refractivity contribution in [3.05, 3.63) is 0 Å². The van der Waals surface area contributed by atoms with E-state index in [-0.39, 0.29) is 30.7 Å². The van der Waals surface area contributed by atoms with E-state index in [1.54, 1.807) is 27.7 Å². The summed E-state index contributed by atoms with van der Waals surface area (Å²) in [6.07, 6.45) is 3.32. The smallest absolute Gasteiger partial charge is 0.246 e. The fourth-order valence-electron chi connectivity index (χ4n) is 3.35. The van der Waals surface area contributed by atoms with Crippen LogP contribution >= 0.6 is 0 Å². The lowest BCUT2D eigenvalue weighted by atomic mass is 9.90. The van der Waals surface area contributed by atoms with Gasteiger partial charge in [-0.2, -0.15) is 0 Å². The SMILES string of the molecule is CCCC(C)(NC(=O)CNC(=O)C(C)(C)C)C(=O)N[C@H](C=O)C[C@@H]1CCCNC1=O. The number of carbonyl (C=O) groups is 5. The molecule has 0 aromatic rings. The van der Waals surface area contributed by atoms with Gasteiger partial charge in [0, 0.05) is 17.9 Å². The summed E-state index contributed by atoms with van der Waals surface area (Å²) in [5.41, 5.74) is -1.87. The first-order chi connectivity index (χ1) is 13.9. The predicted octanol–water partition coefficient (Wildman–Crippen LogP) is 0.424. The predicted molar refractivity (Wildman–Crippen MR) is 112 cm³/mol. The zero-order valence-electron chi connectivity index (χ0n) is 18.7. The molecule has 1 rings (SSSR count). The molecule has 0 saturated carbocycles. The number of amides is 4. The molecular weight excluding hydrogens is 388 g/mol. The molecule has 0 radical (unpaired) electrons. The number of nitrogens with one attached hydrogen (secondary N) is 4. The van der Waals surface area contributed by atoms with Gasteiger partial charge in [0.15, 0.2) is 0 Å². The standard InChI is InChI=1S/C21H36N4O5/c1-6-9-21(5,25-16(27)12-23-18(29)20(2,3)4)19(30)24-15(13-26)11-14-8-7-10-22-17(14)28/h13-15H,6-12H2,1-5H3,(H,22,28)(H,23,29)(H,24,30)(H,25,27)/t14-,15-,21?/m0/s1. The van der Waals surface area contributed by atoms with Crippen LogP contribution in [0.3, 0.4) is 0 Å². The van der Waals surface area contributed by atoms with Crippen LogP contribution in [-0.4, -0.2) is 54.6 Å². The second-order valence-corrected chi connectivity index (χ2v) is 9.14. The molecule has 4 N–H and O–H groups in total. The number of aldehydes is 1. The number of hydrogen-bond donors (Lipinski definition) is 4. The topological polar surface area (TPSA) is 133 Å². The molecule has 1 saturated heterocycles. The molecule has 1 unspecified atom stereocenters. The number of carbonyl (C=O) groups excluding carboxylic acids is 5. The summed E-state index contributed by atoms with van der Waals surface area (Å²) in [7, 11) is 0. The molecule has 0 aromatic carbocycles. The number of hydrogen-bond acceptors (Lipinski definition) is 5. The minimum Gasteiger partial charge on any atom is -0.356 e. The van der Waals surface area contributed by atoms with Crippen molar-refractivity contribution in [2.75, 3.05) is 13.1 Å². The normalized spacial score (nSPS) is 19.6. The minimum atomic E-state index is -1.24. The molecule has 30 heavy (non-hydrogen) atoms. The van der Waals surface area contributed by atoms with Crippen molar-refractivity contribution in [1.29, 1.82) is 0 Å². The molecule has 3 atom stereocenters. The van der Waals surface area contributed by atoms with Gasteiger partial charge in [0.05, 0.1) is 12.6 Å². The Kier molecular flexibility index (Phi) is 9.45. The maximum Gasteiger partial charge on any atom is 0.246 e. The quantitative estimate of drug-likeness (QED) is 0.377. The molecule has 4 amide bonds. The highest BCUT2D eigenvalue weighted by Gasteiger charge is 2.36. The molecule has 9 nitrogen and oxygen atoms in total. The molecule has 1 heterocycles. The molecule has 1 aliphatic heterocycles. The van der Waals surface area contributed by atoms with Gasteiger partial charge < -0.3 is 26.1 Å². The second-order valence-electron chi connectivity index (χ2n) is 9.14. The number of piperidine rings is 1. The van der Waals surface area contributed by atoms with Crippen molar-refractivity contribution in [3.8, 4) is 0 Å². The van der Waals surface area contributed by atoms with Gasteiger partial charge >= 0.3 is 0 Å². The van der Waals surface area contributed by atoms with E-state index in [2.05, 4.69) is 21.3 Å². The molecular formula is C21H36N4O5. The summed E-state index contributed by atoms with van der Waals surface area (Å²) in [5.74, 6) is -1.69.